The van der Waals surface area contributed by atoms with Crippen molar-refractivity contribution in [3.63, 3.8) is 0 Å². The van der Waals surface area contributed by atoms with Crippen LogP contribution in [0.4, 0.5) is 18.0 Å². The van der Waals surface area contributed by atoms with Gasteiger partial charge in [-0.2, -0.15) is 13.2 Å². The van der Waals surface area contributed by atoms with Gasteiger partial charge in [0.15, 0.2) is 5.58 Å². The number of alkyl halides is 3. The molecule has 5 nitrogen and oxygen atoms in total. The van der Waals surface area contributed by atoms with Gasteiger partial charge in [0.25, 0.3) is 0 Å². The van der Waals surface area contributed by atoms with E-state index in [1.807, 2.05) is 20.8 Å². The summed E-state index contributed by atoms with van der Waals surface area (Å²) in [7, 11) is 0. The number of aromatic nitrogens is 1. The van der Waals surface area contributed by atoms with E-state index in [9.17, 15) is 18.0 Å². The standard InChI is InChI=1S/C23H24F3N3O2/c1-22(2,3)28-21(30)29-12-6-9-18(29)20-27-17-13-14(10-11-19(17)31-20)15-7-4-5-8-16(15)23(24,25)26/h4-5,7-8,10-11,13,18H,6,9,12H2,1-3H3,(H,28,30). The lowest BCUT2D eigenvalue weighted by atomic mass is 9.99. The maximum atomic E-state index is 13.4. The minimum atomic E-state index is -4.45. The van der Waals surface area contributed by atoms with Crippen LogP contribution in [0.25, 0.3) is 22.2 Å². The van der Waals surface area contributed by atoms with Crippen LogP contribution in [-0.4, -0.2) is 28.0 Å². The van der Waals surface area contributed by atoms with Crippen LogP contribution in [0.5, 0.6) is 0 Å². The molecule has 1 saturated heterocycles. The second kappa shape index (κ2) is 7.59. The first-order valence-corrected chi connectivity index (χ1v) is 10.2. The second-order valence-electron chi connectivity index (χ2n) is 8.81. The van der Waals surface area contributed by atoms with Gasteiger partial charge in [0.2, 0.25) is 5.89 Å². The minimum Gasteiger partial charge on any atom is -0.438 e. The first-order valence-electron chi connectivity index (χ1n) is 10.2. The Bertz CT molecular complexity index is 1120. The molecule has 0 saturated carbocycles. The van der Waals surface area contributed by atoms with Crippen molar-refractivity contribution in [2.45, 2.75) is 51.4 Å². The van der Waals surface area contributed by atoms with Crippen molar-refractivity contribution in [3.8, 4) is 11.1 Å². The molecule has 0 bridgehead atoms. The molecule has 2 heterocycles. The number of likely N-dealkylation sites (tertiary alicyclic amines) is 1. The lowest BCUT2D eigenvalue weighted by Gasteiger charge is -2.28. The van der Waals surface area contributed by atoms with E-state index in [0.29, 0.717) is 35.5 Å². The van der Waals surface area contributed by atoms with E-state index in [0.717, 1.165) is 12.5 Å². The molecule has 0 aliphatic carbocycles. The number of hydrogen-bond acceptors (Lipinski definition) is 3. The van der Waals surface area contributed by atoms with Crippen molar-refractivity contribution >= 4 is 17.1 Å². The van der Waals surface area contributed by atoms with Gasteiger partial charge >= 0.3 is 12.2 Å². The first kappa shape index (κ1) is 21.2. The minimum absolute atomic E-state index is 0.0912. The summed E-state index contributed by atoms with van der Waals surface area (Å²) in [6, 6.07) is 9.80. The third kappa shape index (κ3) is 4.38. The van der Waals surface area contributed by atoms with Crippen LogP contribution in [0.15, 0.2) is 46.9 Å². The number of oxazole rings is 1. The molecule has 4 rings (SSSR count). The third-order valence-electron chi connectivity index (χ3n) is 5.23. The van der Waals surface area contributed by atoms with Crippen LogP contribution in [0.3, 0.4) is 0 Å². The molecule has 1 atom stereocenters. The molecule has 1 aliphatic heterocycles. The summed E-state index contributed by atoms with van der Waals surface area (Å²) in [6.45, 7) is 6.33. The van der Waals surface area contributed by atoms with Crippen LogP contribution >= 0.6 is 0 Å². The van der Waals surface area contributed by atoms with E-state index in [1.165, 1.54) is 12.1 Å². The summed E-state index contributed by atoms with van der Waals surface area (Å²) < 4.78 is 46.1. The fraction of sp³-hybridized carbons (Fsp3) is 0.391. The average Bonchev–Trinajstić information content (AvgIpc) is 3.32. The Labute approximate surface area is 178 Å². The Morgan fingerprint density at radius 2 is 1.90 bits per heavy atom. The summed E-state index contributed by atoms with van der Waals surface area (Å²) in [6.07, 6.45) is -2.91. The molecule has 2 amide bonds. The van der Waals surface area contributed by atoms with Gasteiger partial charge in [-0.3, -0.25) is 0 Å². The zero-order valence-electron chi connectivity index (χ0n) is 17.6. The molecule has 164 valence electrons. The van der Waals surface area contributed by atoms with Crippen LogP contribution in [0.1, 0.15) is 51.1 Å². The molecule has 1 aromatic heterocycles. The molecule has 1 N–H and O–H groups in total. The molecule has 0 radical (unpaired) electrons. The Balaban J connectivity index is 1.67. The van der Waals surface area contributed by atoms with E-state index in [4.69, 9.17) is 4.42 Å². The Kier molecular flexibility index (Phi) is 5.19. The molecule has 3 aromatic rings. The zero-order chi connectivity index (χ0) is 22.4. The second-order valence-corrected chi connectivity index (χ2v) is 8.81. The van der Waals surface area contributed by atoms with Gasteiger partial charge in [-0.25, -0.2) is 9.78 Å². The maximum absolute atomic E-state index is 13.4. The molecule has 2 aromatic carbocycles. The fourth-order valence-corrected chi connectivity index (χ4v) is 3.90. The van der Waals surface area contributed by atoms with E-state index >= 15 is 0 Å². The van der Waals surface area contributed by atoms with Gasteiger partial charge in [-0.15, -0.1) is 0 Å². The predicted molar refractivity (Wildman–Crippen MR) is 111 cm³/mol. The summed E-state index contributed by atoms with van der Waals surface area (Å²) >= 11 is 0. The lowest BCUT2D eigenvalue weighted by molar-refractivity contribution is -0.137. The highest BCUT2D eigenvalue weighted by molar-refractivity contribution is 5.82. The molecule has 0 spiro atoms. The van der Waals surface area contributed by atoms with Gasteiger partial charge < -0.3 is 14.6 Å². The van der Waals surface area contributed by atoms with E-state index in [1.54, 1.807) is 29.2 Å². The van der Waals surface area contributed by atoms with Gasteiger partial charge in [0.1, 0.15) is 11.6 Å². The number of benzene rings is 2. The number of rotatable bonds is 2. The summed E-state index contributed by atoms with van der Waals surface area (Å²) in [5, 5.41) is 2.96. The monoisotopic (exact) mass is 431 g/mol. The number of fused-ring (bicyclic) bond motifs is 1. The van der Waals surface area contributed by atoms with Crippen LogP contribution in [0.2, 0.25) is 0 Å². The largest absolute Gasteiger partial charge is 0.438 e. The number of nitrogens with one attached hydrogen (secondary N) is 1. The van der Waals surface area contributed by atoms with Gasteiger partial charge in [0.05, 0.1) is 5.56 Å². The zero-order valence-corrected chi connectivity index (χ0v) is 17.6. The van der Waals surface area contributed by atoms with E-state index < -0.39 is 11.7 Å². The topological polar surface area (TPSA) is 58.4 Å². The number of hydrogen-bond donors (Lipinski definition) is 1. The van der Waals surface area contributed by atoms with Crippen LogP contribution < -0.4 is 5.32 Å². The lowest BCUT2D eigenvalue weighted by Crippen LogP contribution is -2.48. The summed E-state index contributed by atoms with van der Waals surface area (Å²) in [5.74, 6) is 0.401. The highest BCUT2D eigenvalue weighted by Crippen LogP contribution is 2.38. The number of amides is 2. The molecule has 8 heteroatoms. The molecule has 1 unspecified atom stereocenters. The van der Waals surface area contributed by atoms with Crippen molar-refractivity contribution in [1.29, 1.82) is 0 Å². The Morgan fingerprint density at radius 3 is 2.61 bits per heavy atom. The van der Waals surface area contributed by atoms with Crippen LogP contribution in [-0.2, 0) is 6.18 Å². The Morgan fingerprint density at radius 1 is 1.16 bits per heavy atom. The van der Waals surface area contributed by atoms with Gasteiger partial charge in [-0.05, 0) is 62.9 Å². The normalized spacial score (nSPS) is 17.4. The first-order chi connectivity index (χ1) is 14.5. The highest BCUT2D eigenvalue weighted by Gasteiger charge is 2.35. The number of halogens is 3. The molecule has 1 aliphatic rings. The number of carbonyl (C=O) groups is 1. The number of urea groups is 1. The van der Waals surface area contributed by atoms with E-state index in [-0.39, 0.29) is 23.2 Å². The Hall–Kier alpha value is -3.03. The quantitative estimate of drug-likeness (QED) is 0.529. The molecular weight excluding hydrogens is 407 g/mol. The van der Waals surface area contributed by atoms with Crippen molar-refractivity contribution in [1.82, 2.24) is 15.2 Å². The summed E-state index contributed by atoms with van der Waals surface area (Å²) in [4.78, 5) is 18.9. The predicted octanol–water partition coefficient (Wildman–Crippen LogP) is 6.16. The van der Waals surface area contributed by atoms with Crippen molar-refractivity contribution in [2.75, 3.05) is 6.54 Å². The molecular formula is C23H24F3N3O2. The third-order valence-corrected chi connectivity index (χ3v) is 5.23. The highest BCUT2D eigenvalue weighted by atomic mass is 19.4. The van der Waals surface area contributed by atoms with Crippen molar-refractivity contribution in [3.05, 3.63) is 53.9 Å². The van der Waals surface area contributed by atoms with Crippen molar-refractivity contribution in [2.24, 2.45) is 0 Å². The maximum Gasteiger partial charge on any atom is 0.417 e. The SMILES string of the molecule is CC(C)(C)NC(=O)N1CCCC1c1nc2cc(-c3ccccc3C(F)(F)F)ccc2o1. The van der Waals surface area contributed by atoms with Crippen molar-refractivity contribution < 1.29 is 22.4 Å². The fourth-order valence-electron chi connectivity index (χ4n) is 3.90. The molecule has 1 fully saturated rings. The average molecular weight is 431 g/mol. The molecule has 31 heavy (non-hydrogen) atoms. The smallest absolute Gasteiger partial charge is 0.417 e. The summed E-state index contributed by atoms with van der Waals surface area (Å²) in [5.41, 5.74) is 0.382. The van der Waals surface area contributed by atoms with E-state index in [2.05, 4.69) is 10.3 Å². The number of nitrogens with zero attached hydrogens (tertiary/aromatic N) is 2. The number of carbonyl (C=O) groups excluding carboxylic acids is 1. The van der Waals surface area contributed by atoms with Crippen LogP contribution in [0, 0.1) is 0 Å². The van der Waals surface area contributed by atoms with Gasteiger partial charge in [-0.1, -0.05) is 24.3 Å². The van der Waals surface area contributed by atoms with Gasteiger partial charge in [0, 0.05) is 12.1 Å².